The van der Waals surface area contributed by atoms with E-state index in [1.807, 2.05) is 12.5 Å². The Morgan fingerprint density at radius 2 is 2.20 bits per heavy atom. The van der Waals surface area contributed by atoms with E-state index in [1.54, 1.807) is 13.8 Å². The molecule has 0 radical (unpaired) electrons. The minimum absolute atomic E-state index is 0.423. The Morgan fingerprint density at radius 3 is 2.73 bits per heavy atom. The van der Waals surface area contributed by atoms with Gasteiger partial charge in [0, 0.05) is 25.3 Å². The van der Waals surface area contributed by atoms with Crippen LogP contribution in [0, 0.1) is 0 Å². The van der Waals surface area contributed by atoms with Crippen molar-refractivity contribution in [3.05, 3.63) is 18.2 Å². The summed E-state index contributed by atoms with van der Waals surface area (Å²) in [6.45, 7) is 9.15. The Morgan fingerprint density at radius 1 is 1.53 bits per heavy atom. The summed E-state index contributed by atoms with van der Waals surface area (Å²) in [5.41, 5.74) is 0.483. The van der Waals surface area contributed by atoms with Gasteiger partial charge in [0.15, 0.2) is 0 Å². The van der Waals surface area contributed by atoms with Gasteiger partial charge < -0.3 is 15.0 Å². The van der Waals surface area contributed by atoms with Gasteiger partial charge in [-0.05, 0) is 27.7 Å². The van der Waals surface area contributed by atoms with Crippen LogP contribution in [0.4, 0.5) is 0 Å². The fraction of sp³-hybridized carbons (Fsp3) is 0.727. The predicted octanol–water partition coefficient (Wildman–Crippen LogP) is 1.32. The van der Waals surface area contributed by atoms with Gasteiger partial charge in [0.05, 0.1) is 17.6 Å². The van der Waals surface area contributed by atoms with Crippen molar-refractivity contribution in [1.82, 2.24) is 14.9 Å². The van der Waals surface area contributed by atoms with E-state index in [0.29, 0.717) is 12.6 Å². The molecule has 1 aromatic heterocycles. The predicted molar refractivity (Wildman–Crippen MR) is 60.6 cm³/mol. The van der Waals surface area contributed by atoms with Crippen molar-refractivity contribution >= 4 is 0 Å². The van der Waals surface area contributed by atoms with E-state index < -0.39 is 5.60 Å². The minimum atomic E-state index is -0.664. The van der Waals surface area contributed by atoms with Gasteiger partial charge in [-0.1, -0.05) is 0 Å². The molecule has 0 spiro atoms. The van der Waals surface area contributed by atoms with Crippen molar-refractivity contribution in [2.24, 2.45) is 0 Å². The molecule has 0 saturated carbocycles. The molecule has 0 bridgehead atoms. The van der Waals surface area contributed by atoms with E-state index in [0.717, 1.165) is 12.2 Å². The number of nitrogens with one attached hydrogen (secondary N) is 1. The van der Waals surface area contributed by atoms with E-state index in [9.17, 15) is 5.11 Å². The van der Waals surface area contributed by atoms with Gasteiger partial charge in [-0.25, -0.2) is 4.98 Å². The molecule has 4 heteroatoms. The number of imidazole rings is 1. The lowest BCUT2D eigenvalue weighted by Gasteiger charge is -2.18. The molecule has 0 aliphatic rings. The number of aliphatic hydroxyl groups is 1. The van der Waals surface area contributed by atoms with E-state index >= 15 is 0 Å². The number of aromatic nitrogens is 2. The van der Waals surface area contributed by atoms with Crippen molar-refractivity contribution in [3.63, 3.8) is 0 Å². The molecular formula is C11H21N3O. The summed E-state index contributed by atoms with van der Waals surface area (Å²) in [7, 11) is 0. The molecule has 15 heavy (non-hydrogen) atoms. The SMILES string of the molecule is CC(C)n1cncc1CNCC(C)(C)O. The lowest BCUT2D eigenvalue weighted by Crippen LogP contribution is -2.34. The van der Waals surface area contributed by atoms with Crippen LogP contribution in [0.2, 0.25) is 0 Å². The zero-order valence-corrected chi connectivity index (χ0v) is 9.99. The summed E-state index contributed by atoms with van der Waals surface area (Å²) in [6.07, 6.45) is 3.70. The van der Waals surface area contributed by atoms with Crippen LogP contribution in [-0.4, -0.2) is 26.8 Å². The second kappa shape index (κ2) is 4.77. The van der Waals surface area contributed by atoms with Crippen molar-refractivity contribution in [2.75, 3.05) is 6.54 Å². The summed E-state index contributed by atoms with van der Waals surface area (Å²) in [5, 5.41) is 12.8. The Kier molecular flexibility index (Phi) is 3.88. The Bertz CT molecular complexity index is 299. The second-order valence-electron chi connectivity index (χ2n) is 4.80. The Labute approximate surface area is 91.3 Å². The molecule has 0 aliphatic heterocycles. The maximum Gasteiger partial charge on any atom is 0.0951 e. The molecule has 86 valence electrons. The average Bonchev–Trinajstić information content (AvgIpc) is 2.49. The fourth-order valence-electron chi connectivity index (χ4n) is 1.43. The average molecular weight is 211 g/mol. The molecule has 0 unspecified atom stereocenters. The second-order valence-corrected chi connectivity index (χ2v) is 4.80. The zero-order valence-electron chi connectivity index (χ0n) is 9.99. The molecule has 0 aliphatic carbocycles. The Balaban J connectivity index is 2.47. The van der Waals surface area contributed by atoms with E-state index in [1.165, 1.54) is 0 Å². The van der Waals surface area contributed by atoms with Crippen LogP contribution >= 0.6 is 0 Å². The zero-order chi connectivity index (χ0) is 11.5. The quantitative estimate of drug-likeness (QED) is 0.772. The number of nitrogens with zero attached hydrogens (tertiary/aromatic N) is 2. The van der Waals surface area contributed by atoms with Crippen molar-refractivity contribution in [3.8, 4) is 0 Å². The normalized spacial score (nSPS) is 12.4. The first-order valence-corrected chi connectivity index (χ1v) is 5.34. The molecular weight excluding hydrogens is 190 g/mol. The van der Waals surface area contributed by atoms with E-state index in [2.05, 4.69) is 28.7 Å². The van der Waals surface area contributed by atoms with Crippen LogP contribution in [0.5, 0.6) is 0 Å². The van der Waals surface area contributed by atoms with Gasteiger partial charge in [0.1, 0.15) is 0 Å². The molecule has 1 rings (SSSR count). The number of hydrogen-bond donors (Lipinski definition) is 2. The van der Waals surface area contributed by atoms with Crippen LogP contribution in [0.3, 0.4) is 0 Å². The summed E-state index contributed by atoms with van der Waals surface area (Å²) in [6, 6.07) is 0.423. The van der Waals surface area contributed by atoms with Crippen LogP contribution in [0.15, 0.2) is 12.5 Å². The molecule has 0 amide bonds. The minimum Gasteiger partial charge on any atom is -0.389 e. The standard InChI is InChI=1S/C11H21N3O/c1-9(2)14-8-13-6-10(14)5-12-7-11(3,4)15/h6,8-9,12,15H,5,7H2,1-4H3. The van der Waals surface area contributed by atoms with Crippen LogP contribution in [0.25, 0.3) is 0 Å². The van der Waals surface area contributed by atoms with Gasteiger partial charge >= 0.3 is 0 Å². The summed E-state index contributed by atoms with van der Waals surface area (Å²) in [4.78, 5) is 4.12. The third kappa shape index (κ3) is 4.01. The third-order valence-electron chi connectivity index (χ3n) is 2.17. The summed E-state index contributed by atoms with van der Waals surface area (Å²) < 4.78 is 2.12. The van der Waals surface area contributed by atoms with Crippen LogP contribution in [0.1, 0.15) is 39.4 Å². The van der Waals surface area contributed by atoms with Crippen molar-refractivity contribution in [1.29, 1.82) is 0 Å². The third-order valence-corrected chi connectivity index (χ3v) is 2.17. The number of hydrogen-bond acceptors (Lipinski definition) is 3. The molecule has 2 N–H and O–H groups in total. The maximum absolute atomic E-state index is 9.54. The molecule has 0 saturated heterocycles. The fourth-order valence-corrected chi connectivity index (χ4v) is 1.43. The number of rotatable bonds is 5. The first kappa shape index (κ1) is 12.2. The first-order chi connectivity index (χ1) is 6.90. The first-order valence-electron chi connectivity index (χ1n) is 5.34. The molecule has 0 atom stereocenters. The highest BCUT2D eigenvalue weighted by Crippen LogP contribution is 2.08. The van der Waals surface area contributed by atoms with Gasteiger partial charge in [-0.15, -0.1) is 0 Å². The highest BCUT2D eigenvalue weighted by Gasteiger charge is 2.12. The monoisotopic (exact) mass is 211 g/mol. The molecule has 0 fully saturated rings. The smallest absolute Gasteiger partial charge is 0.0951 e. The summed E-state index contributed by atoms with van der Waals surface area (Å²) in [5.74, 6) is 0. The van der Waals surface area contributed by atoms with E-state index in [-0.39, 0.29) is 0 Å². The van der Waals surface area contributed by atoms with Gasteiger partial charge in [-0.2, -0.15) is 0 Å². The highest BCUT2D eigenvalue weighted by atomic mass is 16.3. The molecule has 0 aromatic carbocycles. The summed E-state index contributed by atoms with van der Waals surface area (Å²) >= 11 is 0. The van der Waals surface area contributed by atoms with Crippen LogP contribution < -0.4 is 5.32 Å². The Hall–Kier alpha value is -0.870. The van der Waals surface area contributed by atoms with E-state index in [4.69, 9.17) is 0 Å². The lowest BCUT2D eigenvalue weighted by atomic mass is 10.1. The molecule has 1 heterocycles. The van der Waals surface area contributed by atoms with Gasteiger partial charge in [0.2, 0.25) is 0 Å². The van der Waals surface area contributed by atoms with Crippen molar-refractivity contribution < 1.29 is 5.11 Å². The largest absolute Gasteiger partial charge is 0.389 e. The van der Waals surface area contributed by atoms with Gasteiger partial charge in [-0.3, -0.25) is 0 Å². The molecule has 4 nitrogen and oxygen atoms in total. The van der Waals surface area contributed by atoms with Gasteiger partial charge in [0.25, 0.3) is 0 Å². The van der Waals surface area contributed by atoms with Crippen molar-refractivity contribution in [2.45, 2.75) is 45.9 Å². The van der Waals surface area contributed by atoms with Crippen LogP contribution in [-0.2, 0) is 6.54 Å². The lowest BCUT2D eigenvalue weighted by molar-refractivity contribution is 0.0793. The maximum atomic E-state index is 9.54. The molecule has 1 aromatic rings. The topological polar surface area (TPSA) is 50.1 Å². The highest BCUT2D eigenvalue weighted by molar-refractivity contribution is 4.99.